The van der Waals surface area contributed by atoms with Gasteiger partial charge in [-0.25, -0.2) is 0 Å². The van der Waals surface area contributed by atoms with E-state index in [4.69, 9.17) is 0 Å². The van der Waals surface area contributed by atoms with E-state index in [0.717, 1.165) is 11.8 Å². The minimum absolute atomic E-state index is 0.0755. The first-order chi connectivity index (χ1) is 5.84. The topological polar surface area (TPSA) is 20.2 Å². The maximum Gasteiger partial charge on any atom is 0.0596 e. The summed E-state index contributed by atoms with van der Waals surface area (Å²) in [7, 11) is 0. The number of hydrogen-bond donors (Lipinski definition) is 1. The van der Waals surface area contributed by atoms with Crippen LogP contribution in [0.15, 0.2) is 0 Å². The van der Waals surface area contributed by atoms with Crippen molar-refractivity contribution in [1.29, 1.82) is 0 Å². The molecular weight excluding hydrogens is 148 g/mol. The second-order valence-corrected chi connectivity index (χ2v) is 5.17. The Morgan fingerprint density at radius 3 is 2.08 bits per heavy atom. The van der Waals surface area contributed by atoms with Gasteiger partial charge in [-0.05, 0) is 55.8 Å². The summed E-state index contributed by atoms with van der Waals surface area (Å²) in [6.45, 7) is 0. The van der Waals surface area contributed by atoms with Gasteiger partial charge in [0.1, 0.15) is 0 Å². The monoisotopic (exact) mass is 166 g/mol. The molecule has 0 spiro atoms. The smallest absolute Gasteiger partial charge is 0.0596 e. The molecule has 0 saturated heterocycles. The van der Waals surface area contributed by atoms with Crippen LogP contribution in [0.3, 0.4) is 0 Å². The summed E-state index contributed by atoms with van der Waals surface area (Å²) in [4.78, 5) is 0. The molecule has 0 aromatic carbocycles. The van der Waals surface area contributed by atoms with E-state index in [2.05, 4.69) is 0 Å². The molecule has 68 valence electrons. The minimum Gasteiger partial charge on any atom is -0.393 e. The summed E-state index contributed by atoms with van der Waals surface area (Å²) < 4.78 is 0. The largest absolute Gasteiger partial charge is 0.393 e. The molecule has 0 aliphatic heterocycles. The van der Waals surface area contributed by atoms with Crippen LogP contribution in [-0.2, 0) is 0 Å². The number of rotatable bonds is 2. The van der Waals surface area contributed by atoms with E-state index in [9.17, 15) is 5.11 Å². The van der Waals surface area contributed by atoms with Crippen LogP contribution in [0.5, 0.6) is 0 Å². The zero-order chi connectivity index (χ0) is 8.13. The zero-order valence-corrected chi connectivity index (χ0v) is 7.58. The molecule has 3 saturated carbocycles. The Kier molecular flexibility index (Phi) is 1.52. The normalized spacial score (nSPS) is 48.2. The highest BCUT2D eigenvalue weighted by Gasteiger charge is 2.49. The molecule has 0 heterocycles. The standard InChI is InChI=1S/C11H18O/c12-11(7-2-1-3-7)10-5-8-4-9(8)6-10/h7-12H,1-6H2. The zero-order valence-electron chi connectivity index (χ0n) is 7.58. The van der Waals surface area contributed by atoms with Gasteiger partial charge in [0.2, 0.25) is 0 Å². The molecule has 3 aliphatic carbocycles. The van der Waals surface area contributed by atoms with Gasteiger partial charge in [0.05, 0.1) is 6.10 Å². The third-order valence-corrected chi connectivity index (χ3v) is 4.40. The summed E-state index contributed by atoms with van der Waals surface area (Å²) in [6.07, 6.45) is 8.21. The predicted octanol–water partition coefficient (Wildman–Crippen LogP) is 2.19. The first-order valence-corrected chi connectivity index (χ1v) is 5.52. The van der Waals surface area contributed by atoms with Crippen LogP contribution in [0, 0.1) is 23.7 Å². The molecule has 1 heteroatoms. The van der Waals surface area contributed by atoms with E-state index in [1.807, 2.05) is 0 Å². The lowest BCUT2D eigenvalue weighted by molar-refractivity contribution is 0.0129. The van der Waals surface area contributed by atoms with Crippen molar-refractivity contribution in [3.05, 3.63) is 0 Å². The van der Waals surface area contributed by atoms with Crippen molar-refractivity contribution < 1.29 is 5.11 Å². The van der Waals surface area contributed by atoms with Gasteiger partial charge < -0.3 is 5.11 Å². The molecule has 0 radical (unpaired) electrons. The van der Waals surface area contributed by atoms with Gasteiger partial charge in [-0.2, -0.15) is 0 Å². The van der Waals surface area contributed by atoms with Crippen LogP contribution in [0.1, 0.15) is 38.5 Å². The number of aliphatic hydroxyl groups excluding tert-OH is 1. The molecule has 3 unspecified atom stereocenters. The quantitative estimate of drug-likeness (QED) is 0.666. The molecule has 1 N–H and O–H groups in total. The van der Waals surface area contributed by atoms with E-state index >= 15 is 0 Å². The van der Waals surface area contributed by atoms with Crippen LogP contribution < -0.4 is 0 Å². The van der Waals surface area contributed by atoms with Crippen molar-refractivity contribution in [2.24, 2.45) is 23.7 Å². The lowest BCUT2D eigenvalue weighted by Gasteiger charge is -2.34. The summed E-state index contributed by atoms with van der Waals surface area (Å²) >= 11 is 0. The number of hydrogen-bond acceptors (Lipinski definition) is 1. The summed E-state index contributed by atoms with van der Waals surface area (Å²) in [5.74, 6) is 3.45. The molecule has 3 rings (SSSR count). The van der Waals surface area contributed by atoms with Gasteiger partial charge in [0.25, 0.3) is 0 Å². The Morgan fingerprint density at radius 1 is 0.917 bits per heavy atom. The van der Waals surface area contributed by atoms with Gasteiger partial charge in [-0.3, -0.25) is 0 Å². The third kappa shape index (κ3) is 1.02. The molecule has 1 nitrogen and oxygen atoms in total. The first kappa shape index (κ1) is 7.37. The highest BCUT2D eigenvalue weighted by atomic mass is 16.3. The van der Waals surface area contributed by atoms with Gasteiger partial charge in [-0.15, -0.1) is 0 Å². The Labute approximate surface area is 74.2 Å². The maximum atomic E-state index is 10.0. The van der Waals surface area contributed by atoms with E-state index in [-0.39, 0.29) is 6.10 Å². The fourth-order valence-electron chi connectivity index (χ4n) is 3.21. The van der Waals surface area contributed by atoms with Crippen molar-refractivity contribution >= 4 is 0 Å². The fourth-order valence-corrected chi connectivity index (χ4v) is 3.21. The lowest BCUT2D eigenvalue weighted by Crippen LogP contribution is -2.32. The minimum atomic E-state index is 0.0755. The molecule has 0 aromatic heterocycles. The van der Waals surface area contributed by atoms with Crippen LogP contribution in [0.25, 0.3) is 0 Å². The van der Waals surface area contributed by atoms with Crippen molar-refractivity contribution in [2.45, 2.75) is 44.6 Å². The SMILES string of the molecule is OC(C1CCC1)C1CC2CC2C1. The Hall–Kier alpha value is -0.0400. The summed E-state index contributed by atoms with van der Waals surface area (Å²) in [5.41, 5.74) is 0. The number of aliphatic hydroxyl groups is 1. The Morgan fingerprint density at radius 2 is 1.58 bits per heavy atom. The summed E-state index contributed by atoms with van der Waals surface area (Å²) in [5, 5.41) is 10.0. The van der Waals surface area contributed by atoms with Gasteiger partial charge in [-0.1, -0.05) is 6.42 Å². The van der Waals surface area contributed by atoms with Crippen molar-refractivity contribution in [1.82, 2.24) is 0 Å². The summed E-state index contributed by atoms with van der Waals surface area (Å²) in [6, 6.07) is 0. The molecule has 0 aromatic rings. The van der Waals surface area contributed by atoms with E-state index in [0.29, 0.717) is 11.8 Å². The third-order valence-electron chi connectivity index (χ3n) is 4.40. The van der Waals surface area contributed by atoms with Crippen LogP contribution in [-0.4, -0.2) is 11.2 Å². The molecule has 0 amide bonds. The maximum absolute atomic E-state index is 10.0. The van der Waals surface area contributed by atoms with Gasteiger partial charge >= 0.3 is 0 Å². The van der Waals surface area contributed by atoms with Gasteiger partial charge in [0, 0.05) is 0 Å². The van der Waals surface area contributed by atoms with Crippen molar-refractivity contribution in [2.75, 3.05) is 0 Å². The average molecular weight is 166 g/mol. The molecule has 12 heavy (non-hydrogen) atoms. The highest BCUT2D eigenvalue weighted by Crippen LogP contribution is 2.56. The molecule has 3 aliphatic rings. The van der Waals surface area contributed by atoms with Crippen molar-refractivity contribution in [3.8, 4) is 0 Å². The second kappa shape index (κ2) is 2.47. The van der Waals surface area contributed by atoms with Crippen LogP contribution in [0.2, 0.25) is 0 Å². The Bertz CT molecular complexity index is 175. The van der Waals surface area contributed by atoms with Gasteiger partial charge in [0.15, 0.2) is 0 Å². The van der Waals surface area contributed by atoms with Crippen molar-refractivity contribution in [3.63, 3.8) is 0 Å². The highest BCUT2D eigenvalue weighted by molar-refractivity contribution is 4.99. The second-order valence-electron chi connectivity index (χ2n) is 5.17. The van der Waals surface area contributed by atoms with E-state index in [1.54, 1.807) is 0 Å². The fraction of sp³-hybridized carbons (Fsp3) is 1.00. The molecule has 0 bridgehead atoms. The Balaban J connectivity index is 1.58. The van der Waals surface area contributed by atoms with Crippen LogP contribution in [0.4, 0.5) is 0 Å². The lowest BCUT2D eigenvalue weighted by atomic mass is 9.75. The first-order valence-electron chi connectivity index (χ1n) is 5.52. The number of fused-ring (bicyclic) bond motifs is 1. The molecular formula is C11H18O. The predicted molar refractivity (Wildman–Crippen MR) is 47.7 cm³/mol. The average Bonchev–Trinajstić information content (AvgIpc) is 2.55. The van der Waals surface area contributed by atoms with E-state index < -0.39 is 0 Å². The van der Waals surface area contributed by atoms with Crippen LogP contribution >= 0.6 is 0 Å². The molecule has 3 fully saturated rings. The van der Waals surface area contributed by atoms with E-state index in [1.165, 1.54) is 38.5 Å². The molecule has 3 atom stereocenters.